The molecule has 0 aromatic heterocycles. The number of hydrogen-bond donors (Lipinski definition) is 4. The maximum atomic E-state index is 13.2. The van der Waals surface area contributed by atoms with E-state index in [1.54, 1.807) is 12.1 Å². The maximum Gasteiger partial charge on any atom is 0.414 e. The number of halogens is 1. The molecule has 2 aromatic rings. The van der Waals surface area contributed by atoms with Crippen LogP contribution in [0.3, 0.4) is 0 Å². The zero-order chi connectivity index (χ0) is 25.8. The third kappa shape index (κ3) is 10.1. The number of aliphatic carboxylic acids is 2. The Morgan fingerprint density at radius 2 is 1.54 bits per heavy atom. The van der Waals surface area contributed by atoms with Crippen LogP contribution in [0.2, 0.25) is 0 Å². The van der Waals surface area contributed by atoms with Gasteiger partial charge in [-0.1, -0.05) is 56.3 Å². The van der Waals surface area contributed by atoms with E-state index in [1.165, 1.54) is 17.7 Å². The van der Waals surface area contributed by atoms with Crippen molar-refractivity contribution in [3.05, 3.63) is 71.5 Å². The first-order chi connectivity index (χ1) is 16.7. The number of carbonyl (C=O) groups excluding carboxylic acids is 1. The van der Waals surface area contributed by atoms with Gasteiger partial charge in [0.25, 0.3) is 0 Å². The summed E-state index contributed by atoms with van der Waals surface area (Å²) >= 11 is 0. The molecule has 0 bridgehead atoms. The van der Waals surface area contributed by atoms with Crippen molar-refractivity contribution < 1.29 is 29.0 Å². The number of rotatable bonds is 7. The lowest BCUT2D eigenvalue weighted by atomic mass is 9.96. The summed E-state index contributed by atoms with van der Waals surface area (Å²) < 4.78 is 13.2. The molecule has 1 atom stereocenters. The van der Waals surface area contributed by atoms with E-state index in [9.17, 15) is 9.18 Å². The summed E-state index contributed by atoms with van der Waals surface area (Å²) in [5.74, 6) is -3.70. The lowest BCUT2D eigenvalue weighted by molar-refractivity contribution is -0.159. The van der Waals surface area contributed by atoms with Gasteiger partial charge in [-0.05, 0) is 48.4 Å². The highest BCUT2D eigenvalue weighted by molar-refractivity contribution is 6.27. The van der Waals surface area contributed by atoms with Crippen molar-refractivity contribution in [3.8, 4) is 0 Å². The van der Waals surface area contributed by atoms with Crippen LogP contribution in [-0.4, -0.2) is 58.8 Å². The summed E-state index contributed by atoms with van der Waals surface area (Å²) in [5.41, 5.74) is 2.29. The van der Waals surface area contributed by atoms with E-state index in [0.717, 1.165) is 44.5 Å². The highest BCUT2D eigenvalue weighted by Crippen LogP contribution is 2.22. The Bertz CT molecular complexity index is 933. The molecule has 190 valence electrons. The van der Waals surface area contributed by atoms with Crippen LogP contribution in [-0.2, 0) is 16.0 Å². The second kappa shape index (κ2) is 14.1. The van der Waals surface area contributed by atoms with Gasteiger partial charge in [0, 0.05) is 25.7 Å². The van der Waals surface area contributed by atoms with Gasteiger partial charge in [-0.3, -0.25) is 0 Å². The summed E-state index contributed by atoms with van der Waals surface area (Å²) in [6.45, 7) is 7.18. The van der Waals surface area contributed by atoms with Crippen molar-refractivity contribution >= 4 is 18.0 Å². The molecule has 1 saturated heterocycles. The molecule has 0 aliphatic carbocycles. The van der Waals surface area contributed by atoms with Gasteiger partial charge in [-0.25, -0.2) is 18.8 Å². The van der Waals surface area contributed by atoms with E-state index >= 15 is 0 Å². The molecule has 8 nitrogen and oxygen atoms in total. The number of nitrogens with zero attached hydrogens (tertiary/aromatic N) is 1. The fourth-order valence-electron chi connectivity index (χ4n) is 3.91. The Balaban J connectivity index is 0.000000641. The van der Waals surface area contributed by atoms with Crippen LogP contribution in [0.1, 0.15) is 43.9 Å². The highest BCUT2D eigenvalue weighted by atomic mass is 19.1. The number of nitrogens with one attached hydrogen (secondary N) is 2. The van der Waals surface area contributed by atoms with Crippen LogP contribution in [0.5, 0.6) is 0 Å². The highest BCUT2D eigenvalue weighted by Gasteiger charge is 2.23. The van der Waals surface area contributed by atoms with E-state index < -0.39 is 11.9 Å². The molecule has 3 rings (SSSR count). The molecule has 1 heterocycles. The van der Waals surface area contributed by atoms with Crippen molar-refractivity contribution in [2.24, 2.45) is 5.92 Å². The number of carboxylic acids is 2. The first kappa shape index (κ1) is 27.8. The lowest BCUT2D eigenvalue weighted by Gasteiger charge is -2.33. The van der Waals surface area contributed by atoms with Crippen LogP contribution >= 0.6 is 0 Å². The zero-order valence-electron chi connectivity index (χ0n) is 20.1. The quantitative estimate of drug-likeness (QED) is 0.443. The number of benzene rings is 2. The molecule has 4 N–H and O–H groups in total. The smallest absolute Gasteiger partial charge is 0.414 e. The first-order valence-electron chi connectivity index (χ1n) is 11.7. The van der Waals surface area contributed by atoms with Crippen molar-refractivity contribution in [1.82, 2.24) is 15.5 Å². The SMILES string of the molecule is CC(C)[C@@H](NC(=O)NC1CCN(CCc2ccccc2)CC1)c1ccc(F)cc1.O=C(O)C(=O)O. The first-order valence-corrected chi connectivity index (χ1v) is 11.7. The summed E-state index contributed by atoms with van der Waals surface area (Å²) in [7, 11) is 0. The molecule has 2 aromatic carbocycles. The fourth-order valence-corrected chi connectivity index (χ4v) is 3.91. The van der Waals surface area contributed by atoms with Crippen molar-refractivity contribution in [3.63, 3.8) is 0 Å². The normalized spacial score (nSPS) is 15.0. The lowest BCUT2D eigenvalue weighted by Crippen LogP contribution is -2.49. The molecule has 2 amide bonds. The van der Waals surface area contributed by atoms with Crippen molar-refractivity contribution in [2.45, 2.75) is 45.2 Å². The minimum Gasteiger partial charge on any atom is -0.473 e. The van der Waals surface area contributed by atoms with E-state index in [1.807, 2.05) is 6.07 Å². The van der Waals surface area contributed by atoms with Crippen LogP contribution < -0.4 is 10.6 Å². The zero-order valence-corrected chi connectivity index (χ0v) is 20.1. The van der Waals surface area contributed by atoms with Gasteiger partial charge in [0.2, 0.25) is 0 Å². The molecular formula is C26H34FN3O5. The Morgan fingerprint density at radius 3 is 2.06 bits per heavy atom. The van der Waals surface area contributed by atoms with E-state index in [4.69, 9.17) is 19.8 Å². The average Bonchev–Trinajstić information content (AvgIpc) is 2.83. The van der Waals surface area contributed by atoms with Crippen LogP contribution in [0.25, 0.3) is 0 Å². The second-order valence-corrected chi connectivity index (χ2v) is 8.85. The molecular weight excluding hydrogens is 453 g/mol. The molecule has 0 spiro atoms. The van der Waals surface area contributed by atoms with Crippen LogP contribution in [0.4, 0.5) is 9.18 Å². The molecule has 35 heavy (non-hydrogen) atoms. The molecule has 1 aliphatic heterocycles. The molecule has 9 heteroatoms. The van der Waals surface area contributed by atoms with Crippen molar-refractivity contribution in [2.75, 3.05) is 19.6 Å². The largest absolute Gasteiger partial charge is 0.473 e. The van der Waals surface area contributed by atoms with Crippen molar-refractivity contribution in [1.29, 1.82) is 0 Å². The molecule has 0 saturated carbocycles. The Labute approximate surface area is 205 Å². The summed E-state index contributed by atoms with van der Waals surface area (Å²) in [4.78, 5) is 33.2. The third-order valence-electron chi connectivity index (χ3n) is 5.85. The monoisotopic (exact) mass is 487 g/mol. The van der Waals surface area contributed by atoms with Gasteiger partial charge in [-0.15, -0.1) is 0 Å². The third-order valence-corrected chi connectivity index (χ3v) is 5.85. The standard InChI is InChI=1S/C24H32FN3O.C2H2O4/c1-18(2)23(20-8-10-21(25)11-9-20)27-24(29)26-22-13-16-28(17-14-22)15-12-19-6-4-3-5-7-19;3-1(4)2(5)6/h3-11,18,22-23H,12-17H2,1-2H3,(H2,26,27,29);(H,3,4)(H,5,6)/t23-;/m1./s1. The summed E-state index contributed by atoms with van der Waals surface area (Å²) in [6.07, 6.45) is 2.99. The molecule has 1 aliphatic rings. The second-order valence-electron chi connectivity index (χ2n) is 8.85. The Morgan fingerprint density at radius 1 is 0.971 bits per heavy atom. The fraction of sp³-hybridized carbons (Fsp3) is 0.423. The number of urea groups is 1. The number of carbonyl (C=O) groups is 3. The Hall–Kier alpha value is -3.46. The number of hydrogen-bond acceptors (Lipinski definition) is 4. The molecule has 0 unspecified atom stereocenters. The number of piperidine rings is 1. The predicted molar refractivity (Wildman–Crippen MR) is 131 cm³/mol. The minimum atomic E-state index is -1.82. The van der Waals surface area contributed by atoms with Crippen LogP contribution in [0, 0.1) is 11.7 Å². The maximum absolute atomic E-state index is 13.2. The van der Waals surface area contributed by atoms with E-state index in [0.29, 0.717) is 0 Å². The van der Waals surface area contributed by atoms with Gasteiger partial charge in [0.15, 0.2) is 0 Å². The molecule has 0 radical (unpaired) electrons. The number of amides is 2. The Kier molecular flexibility index (Phi) is 11.2. The average molecular weight is 488 g/mol. The summed E-state index contributed by atoms with van der Waals surface area (Å²) in [5, 5.41) is 21.0. The topological polar surface area (TPSA) is 119 Å². The number of likely N-dealkylation sites (tertiary alicyclic amines) is 1. The van der Waals surface area contributed by atoms with Gasteiger partial charge in [-0.2, -0.15) is 0 Å². The molecule has 1 fully saturated rings. The minimum absolute atomic E-state index is 0.137. The van der Waals surface area contributed by atoms with Gasteiger partial charge < -0.3 is 25.7 Å². The predicted octanol–water partition coefficient (Wildman–Crippen LogP) is 3.68. The van der Waals surface area contributed by atoms with Gasteiger partial charge >= 0.3 is 18.0 Å². The van der Waals surface area contributed by atoms with E-state index in [-0.39, 0.29) is 29.8 Å². The van der Waals surface area contributed by atoms with Gasteiger partial charge in [0.1, 0.15) is 5.82 Å². The van der Waals surface area contributed by atoms with Crippen LogP contribution in [0.15, 0.2) is 54.6 Å². The van der Waals surface area contributed by atoms with Gasteiger partial charge in [0.05, 0.1) is 6.04 Å². The van der Waals surface area contributed by atoms with E-state index in [2.05, 4.69) is 53.6 Å². The number of carboxylic acid groups (broad SMARTS) is 2. The summed E-state index contributed by atoms with van der Waals surface area (Å²) in [6, 6.07) is 16.8.